The van der Waals surface area contributed by atoms with Gasteiger partial charge in [-0.3, -0.25) is 0 Å². The number of methoxy groups -OCH3 is 1. The predicted octanol–water partition coefficient (Wildman–Crippen LogP) is 4.22. The van der Waals surface area contributed by atoms with E-state index in [9.17, 15) is 0 Å². The van der Waals surface area contributed by atoms with Gasteiger partial charge in [-0.15, -0.1) is 0 Å². The molecule has 2 nitrogen and oxygen atoms in total. The average molecular weight is 270 g/mol. The van der Waals surface area contributed by atoms with Crippen molar-refractivity contribution in [2.75, 3.05) is 13.7 Å². The quantitative estimate of drug-likeness (QED) is 0.569. The molecule has 20 heavy (non-hydrogen) atoms. The molecule has 0 saturated heterocycles. The second-order valence-corrected chi connectivity index (χ2v) is 5.09. The molecule has 0 heterocycles. The van der Waals surface area contributed by atoms with Crippen LogP contribution in [0.1, 0.15) is 24.0 Å². The second kappa shape index (κ2) is 6.99. The van der Waals surface area contributed by atoms with Crippen molar-refractivity contribution in [2.45, 2.75) is 25.7 Å². The fourth-order valence-electron chi connectivity index (χ4n) is 2.30. The molecule has 1 aliphatic carbocycles. The Bertz CT molecular complexity index is 526. The van der Waals surface area contributed by atoms with E-state index in [-0.39, 0.29) is 0 Å². The molecule has 0 fully saturated rings. The van der Waals surface area contributed by atoms with Crippen LogP contribution in [-0.2, 0) is 17.6 Å². The van der Waals surface area contributed by atoms with E-state index in [2.05, 4.69) is 31.4 Å². The number of rotatable bonds is 6. The summed E-state index contributed by atoms with van der Waals surface area (Å²) in [5.74, 6) is 1.53. The number of fused-ring (bicyclic) bond motifs is 1. The summed E-state index contributed by atoms with van der Waals surface area (Å²) in [6, 6.07) is 6.41. The lowest BCUT2D eigenvalue weighted by Gasteiger charge is -2.16. The molecular weight excluding hydrogens is 248 g/mol. The number of hydrogen-bond acceptors (Lipinski definition) is 2. The normalized spacial score (nSPS) is 13.8. The largest absolute Gasteiger partial charge is 0.497 e. The molecule has 0 atom stereocenters. The SMILES string of the molecule is C=C(/C=C\C(=C)OC)COc1ccc2c(c1)CCCC2. The summed E-state index contributed by atoms with van der Waals surface area (Å²) < 4.78 is 10.7. The van der Waals surface area contributed by atoms with Crippen molar-refractivity contribution >= 4 is 0 Å². The van der Waals surface area contributed by atoms with Crippen molar-refractivity contribution in [3.8, 4) is 5.75 Å². The lowest BCUT2D eigenvalue weighted by atomic mass is 9.92. The summed E-state index contributed by atoms with van der Waals surface area (Å²) in [7, 11) is 1.60. The van der Waals surface area contributed by atoms with Crippen LogP contribution in [0.3, 0.4) is 0 Å². The molecular formula is C18H22O2. The fraction of sp³-hybridized carbons (Fsp3) is 0.333. The maximum absolute atomic E-state index is 5.78. The van der Waals surface area contributed by atoms with Gasteiger partial charge >= 0.3 is 0 Å². The smallest absolute Gasteiger partial charge is 0.120 e. The molecule has 1 aromatic rings. The van der Waals surface area contributed by atoms with Crippen molar-refractivity contribution in [1.29, 1.82) is 0 Å². The number of ether oxygens (including phenoxy) is 2. The van der Waals surface area contributed by atoms with Gasteiger partial charge in [0.1, 0.15) is 18.1 Å². The molecule has 0 amide bonds. The van der Waals surface area contributed by atoms with Crippen LogP contribution in [0.2, 0.25) is 0 Å². The van der Waals surface area contributed by atoms with Crippen LogP contribution in [0, 0.1) is 0 Å². The minimum Gasteiger partial charge on any atom is -0.497 e. The maximum atomic E-state index is 5.78. The Morgan fingerprint density at radius 3 is 2.65 bits per heavy atom. The summed E-state index contributed by atoms with van der Waals surface area (Å²) in [6.07, 6.45) is 8.61. The Kier molecular flexibility index (Phi) is 5.05. The zero-order valence-corrected chi connectivity index (χ0v) is 12.2. The standard InChI is InChI=1S/C18H22O2/c1-14(8-9-15(2)19-3)13-20-18-11-10-16-6-4-5-7-17(16)12-18/h8-12H,1-2,4-7,13H2,3H3/b9-8-. The molecule has 2 rings (SSSR count). The monoisotopic (exact) mass is 270 g/mol. The number of aryl methyl sites for hydroxylation is 2. The average Bonchev–Trinajstić information content (AvgIpc) is 2.50. The predicted molar refractivity (Wildman–Crippen MR) is 83.0 cm³/mol. The van der Waals surface area contributed by atoms with E-state index < -0.39 is 0 Å². The molecule has 1 aromatic carbocycles. The fourth-order valence-corrected chi connectivity index (χ4v) is 2.30. The van der Waals surface area contributed by atoms with Gasteiger partial charge in [0.25, 0.3) is 0 Å². The first-order valence-electron chi connectivity index (χ1n) is 7.02. The van der Waals surface area contributed by atoms with Gasteiger partial charge in [-0.2, -0.15) is 0 Å². The van der Waals surface area contributed by atoms with Gasteiger partial charge < -0.3 is 9.47 Å². The minimum absolute atomic E-state index is 0.478. The van der Waals surface area contributed by atoms with Crippen LogP contribution in [-0.4, -0.2) is 13.7 Å². The Balaban J connectivity index is 1.89. The maximum Gasteiger partial charge on any atom is 0.120 e. The van der Waals surface area contributed by atoms with E-state index in [0.717, 1.165) is 11.3 Å². The Labute approximate surface area is 121 Å². The van der Waals surface area contributed by atoms with Crippen molar-refractivity contribution in [3.05, 3.63) is 66.0 Å². The highest BCUT2D eigenvalue weighted by Crippen LogP contribution is 2.25. The molecule has 0 unspecified atom stereocenters. The van der Waals surface area contributed by atoms with E-state index in [1.807, 2.05) is 6.08 Å². The van der Waals surface area contributed by atoms with Crippen LogP contribution in [0.5, 0.6) is 5.75 Å². The summed E-state index contributed by atoms with van der Waals surface area (Å²) >= 11 is 0. The third kappa shape index (κ3) is 4.02. The van der Waals surface area contributed by atoms with Crippen molar-refractivity contribution in [3.63, 3.8) is 0 Å². The highest BCUT2D eigenvalue weighted by atomic mass is 16.5. The third-order valence-corrected chi connectivity index (χ3v) is 3.51. The first-order chi connectivity index (χ1) is 9.69. The van der Waals surface area contributed by atoms with Gasteiger partial charge in [-0.1, -0.05) is 25.3 Å². The molecule has 0 aliphatic heterocycles. The van der Waals surface area contributed by atoms with Crippen LogP contribution in [0.15, 0.2) is 54.8 Å². The summed E-state index contributed by atoms with van der Waals surface area (Å²) in [4.78, 5) is 0. The van der Waals surface area contributed by atoms with Crippen LogP contribution in [0.4, 0.5) is 0 Å². The number of benzene rings is 1. The van der Waals surface area contributed by atoms with E-state index in [0.29, 0.717) is 12.4 Å². The van der Waals surface area contributed by atoms with Crippen molar-refractivity contribution in [2.24, 2.45) is 0 Å². The third-order valence-electron chi connectivity index (χ3n) is 3.51. The minimum atomic E-state index is 0.478. The molecule has 1 aliphatic rings. The van der Waals surface area contributed by atoms with Crippen LogP contribution >= 0.6 is 0 Å². The van der Waals surface area contributed by atoms with Crippen molar-refractivity contribution in [1.82, 2.24) is 0 Å². The molecule has 0 aromatic heterocycles. The Morgan fingerprint density at radius 2 is 1.90 bits per heavy atom. The molecule has 0 bridgehead atoms. The van der Waals surface area contributed by atoms with E-state index in [4.69, 9.17) is 9.47 Å². The summed E-state index contributed by atoms with van der Waals surface area (Å²) in [5, 5.41) is 0. The number of hydrogen-bond donors (Lipinski definition) is 0. The van der Waals surface area contributed by atoms with Gasteiger partial charge in [-0.05, 0) is 60.6 Å². The topological polar surface area (TPSA) is 18.5 Å². The zero-order valence-electron chi connectivity index (χ0n) is 12.2. The van der Waals surface area contributed by atoms with E-state index in [1.54, 1.807) is 13.2 Å². The molecule has 0 spiro atoms. The highest BCUT2D eigenvalue weighted by Gasteiger charge is 2.09. The van der Waals surface area contributed by atoms with Gasteiger partial charge in [0.05, 0.1) is 7.11 Å². The number of allylic oxidation sites excluding steroid dienone is 1. The van der Waals surface area contributed by atoms with Crippen LogP contribution in [0.25, 0.3) is 0 Å². The van der Waals surface area contributed by atoms with Gasteiger partial charge in [0, 0.05) is 0 Å². The molecule has 0 N–H and O–H groups in total. The first kappa shape index (κ1) is 14.4. The highest BCUT2D eigenvalue weighted by molar-refractivity contribution is 5.37. The molecule has 0 saturated carbocycles. The lowest BCUT2D eigenvalue weighted by Crippen LogP contribution is -2.04. The zero-order chi connectivity index (χ0) is 14.4. The van der Waals surface area contributed by atoms with Gasteiger partial charge in [0.15, 0.2) is 0 Å². The molecule has 2 heteroatoms. The Hall–Kier alpha value is -1.96. The van der Waals surface area contributed by atoms with Crippen LogP contribution < -0.4 is 4.74 Å². The first-order valence-corrected chi connectivity index (χ1v) is 7.02. The summed E-state index contributed by atoms with van der Waals surface area (Å²) in [5.41, 5.74) is 3.79. The molecule has 106 valence electrons. The van der Waals surface area contributed by atoms with Gasteiger partial charge in [-0.25, -0.2) is 0 Å². The second-order valence-electron chi connectivity index (χ2n) is 5.09. The van der Waals surface area contributed by atoms with E-state index in [1.165, 1.54) is 36.8 Å². The Morgan fingerprint density at radius 1 is 1.15 bits per heavy atom. The van der Waals surface area contributed by atoms with Gasteiger partial charge in [0.2, 0.25) is 0 Å². The van der Waals surface area contributed by atoms with Crippen molar-refractivity contribution < 1.29 is 9.47 Å². The molecule has 0 radical (unpaired) electrons. The van der Waals surface area contributed by atoms with E-state index >= 15 is 0 Å². The summed E-state index contributed by atoms with van der Waals surface area (Å²) in [6.45, 7) is 8.15. The lowest BCUT2D eigenvalue weighted by molar-refractivity contribution is 0.308.